The summed E-state index contributed by atoms with van der Waals surface area (Å²) in [7, 11) is -2.96. The molecule has 0 aliphatic heterocycles. The highest BCUT2D eigenvalue weighted by Crippen LogP contribution is 2.19. The van der Waals surface area contributed by atoms with Gasteiger partial charge in [0.25, 0.3) is 0 Å². The van der Waals surface area contributed by atoms with Crippen molar-refractivity contribution in [1.29, 1.82) is 0 Å². The fraction of sp³-hybridized carbons (Fsp3) is 0.500. The van der Waals surface area contributed by atoms with Crippen LogP contribution in [0, 0.1) is 0 Å². The van der Waals surface area contributed by atoms with Crippen molar-refractivity contribution in [2.75, 3.05) is 18.1 Å². The highest BCUT2D eigenvalue weighted by atomic mass is 32.2. The Labute approximate surface area is 119 Å². The molecule has 0 aliphatic rings. The van der Waals surface area contributed by atoms with Gasteiger partial charge in [0.1, 0.15) is 5.65 Å². The molecule has 2 rings (SSSR count). The van der Waals surface area contributed by atoms with Crippen LogP contribution in [0.4, 0.5) is 0 Å². The maximum Gasteiger partial charge on any atom is 0.151 e. The zero-order chi connectivity index (χ0) is 14.6. The first-order valence-corrected chi connectivity index (χ1v) is 8.73. The lowest BCUT2D eigenvalue weighted by molar-refractivity contribution is 0.591. The minimum atomic E-state index is -2.96. The van der Waals surface area contributed by atoms with Crippen LogP contribution in [0.15, 0.2) is 24.5 Å². The summed E-state index contributed by atoms with van der Waals surface area (Å²) in [5.74, 6) is 0.342. The van der Waals surface area contributed by atoms with Crippen LogP contribution in [-0.4, -0.2) is 36.0 Å². The summed E-state index contributed by atoms with van der Waals surface area (Å²) in [4.78, 5) is 4.38. The standard InChI is InChI=1S/C14H21N3O2S/c1-3-15-10-12-11-17(8-9-20(18,19)4-2)14-13(12)6-5-7-16-14/h5-7,11,15H,3-4,8-10H2,1-2H3. The van der Waals surface area contributed by atoms with Gasteiger partial charge in [-0.2, -0.15) is 0 Å². The Morgan fingerprint density at radius 1 is 1.35 bits per heavy atom. The second-order valence-electron chi connectivity index (χ2n) is 4.74. The van der Waals surface area contributed by atoms with E-state index in [1.807, 2.05) is 22.9 Å². The molecule has 0 saturated heterocycles. The molecule has 2 aromatic rings. The monoisotopic (exact) mass is 295 g/mol. The van der Waals surface area contributed by atoms with Crippen molar-refractivity contribution in [2.24, 2.45) is 0 Å². The number of nitrogens with zero attached hydrogens (tertiary/aromatic N) is 2. The lowest BCUT2D eigenvalue weighted by Gasteiger charge is -2.04. The van der Waals surface area contributed by atoms with Gasteiger partial charge in [-0.15, -0.1) is 0 Å². The van der Waals surface area contributed by atoms with Crippen molar-refractivity contribution >= 4 is 20.9 Å². The molecule has 0 radical (unpaired) electrons. The molecule has 0 atom stereocenters. The summed E-state index contributed by atoms with van der Waals surface area (Å²) in [6.45, 7) is 5.86. The van der Waals surface area contributed by atoms with E-state index in [4.69, 9.17) is 0 Å². The molecule has 0 unspecified atom stereocenters. The van der Waals surface area contributed by atoms with E-state index in [0.717, 1.165) is 29.7 Å². The Bertz CT molecular complexity index is 677. The number of hydrogen-bond donors (Lipinski definition) is 1. The highest BCUT2D eigenvalue weighted by Gasteiger charge is 2.12. The number of aromatic nitrogens is 2. The molecule has 0 bridgehead atoms. The summed E-state index contributed by atoms with van der Waals surface area (Å²) >= 11 is 0. The summed E-state index contributed by atoms with van der Waals surface area (Å²) in [6, 6.07) is 3.94. The maximum atomic E-state index is 11.6. The molecule has 110 valence electrons. The van der Waals surface area contributed by atoms with Crippen LogP contribution in [0.5, 0.6) is 0 Å². The molecule has 0 aliphatic carbocycles. The molecule has 1 N–H and O–H groups in total. The molecule has 0 spiro atoms. The molecule has 20 heavy (non-hydrogen) atoms. The summed E-state index contributed by atoms with van der Waals surface area (Å²) in [5.41, 5.74) is 2.01. The van der Waals surface area contributed by atoms with Crippen molar-refractivity contribution in [3.05, 3.63) is 30.1 Å². The third-order valence-corrected chi connectivity index (χ3v) is 5.05. The van der Waals surface area contributed by atoms with E-state index in [1.165, 1.54) is 0 Å². The molecule has 0 aromatic carbocycles. The topological polar surface area (TPSA) is 64.0 Å². The van der Waals surface area contributed by atoms with Crippen LogP contribution in [0.1, 0.15) is 19.4 Å². The van der Waals surface area contributed by atoms with E-state index < -0.39 is 9.84 Å². The maximum absolute atomic E-state index is 11.6. The second-order valence-corrected chi connectivity index (χ2v) is 7.21. The molecule has 2 heterocycles. The van der Waals surface area contributed by atoms with Crippen LogP contribution in [0.25, 0.3) is 11.0 Å². The molecular formula is C14H21N3O2S. The van der Waals surface area contributed by atoms with Crippen LogP contribution in [0.3, 0.4) is 0 Å². The van der Waals surface area contributed by atoms with Gasteiger partial charge < -0.3 is 9.88 Å². The van der Waals surface area contributed by atoms with Gasteiger partial charge in [0.15, 0.2) is 9.84 Å². The number of fused-ring (bicyclic) bond motifs is 1. The molecular weight excluding hydrogens is 274 g/mol. The van der Waals surface area contributed by atoms with Gasteiger partial charge in [0.2, 0.25) is 0 Å². The summed E-state index contributed by atoms with van der Waals surface area (Å²) < 4.78 is 25.2. The van der Waals surface area contributed by atoms with Gasteiger partial charge in [0.05, 0.1) is 5.75 Å². The van der Waals surface area contributed by atoms with Crippen LogP contribution >= 0.6 is 0 Å². The van der Waals surface area contributed by atoms with Gasteiger partial charge >= 0.3 is 0 Å². The first-order chi connectivity index (χ1) is 9.57. The quantitative estimate of drug-likeness (QED) is 0.842. The van der Waals surface area contributed by atoms with Crippen LogP contribution in [-0.2, 0) is 22.9 Å². The molecule has 6 heteroatoms. The second kappa shape index (κ2) is 6.37. The Balaban J connectivity index is 2.29. The van der Waals surface area contributed by atoms with E-state index >= 15 is 0 Å². The molecule has 0 saturated carbocycles. The first-order valence-electron chi connectivity index (χ1n) is 6.91. The number of nitrogens with one attached hydrogen (secondary N) is 1. The van der Waals surface area contributed by atoms with Crippen LogP contribution in [0.2, 0.25) is 0 Å². The zero-order valence-corrected chi connectivity index (χ0v) is 12.8. The van der Waals surface area contributed by atoms with E-state index in [0.29, 0.717) is 6.54 Å². The largest absolute Gasteiger partial charge is 0.331 e. The number of sulfone groups is 1. The van der Waals surface area contributed by atoms with Gasteiger partial charge in [0, 0.05) is 36.6 Å². The number of rotatable bonds is 7. The van der Waals surface area contributed by atoms with Gasteiger partial charge in [-0.05, 0) is 24.2 Å². The Kier molecular flexibility index (Phi) is 4.77. The van der Waals surface area contributed by atoms with E-state index in [9.17, 15) is 8.42 Å². The fourth-order valence-electron chi connectivity index (χ4n) is 2.15. The van der Waals surface area contributed by atoms with E-state index in [-0.39, 0.29) is 11.5 Å². The summed E-state index contributed by atoms with van der Waals surface area (Å²) in [6.07, 6.45) is 3.75. The average molecular weight is 295 g/mol. The molecule has 2 aromatic heterocycles. The van der Waals surface area contributed by atoms with Gasteiger partial charge in [-0.3, -0.25) is 0 Å². The smallest absolute Gasteiger partial charge is 0.151 e. The van der Waals surface area contributed by atoms with Crippen LogP contribution < -0.4 is 5.32 Å². The first kappa shape index (κ1) is 15.0. The number of hydrogen-bond acceptors (Lipinski definition) is 4. The Morgan fingerprint density at radius 3 is 2.85 bits per heavy atom. The summed E-state index contributed by atoms with van der Waals surface area (Å²) in [5, 5.41) is 4.38. The van der Waals surface area contributed by atoms with Crippen molar-refractivity contribution < 1.29 is 8.42 Å². The highest BCUT2D eigenvalue weighted by molar-refractivity contribution is 7.91. The van der Waals surface area contributed by atoms with Gasteiger partial charge in [-0.25, -0.2) is 13.4 Å². The minimum Gasteiger partial charge on any atom is -0.331 e. The normalized spacial score (nSPS) is 12.1. The predicted octanol–water partition coefficient (Wildman–Crippen LogP) is 1.58. The minimum absolute atomic E-state index is 0.157. The molecule has 0 amide bonds. The molecule has 5 nitrogen and oxygen atoms in total. The zero-order valence-electron chi connectivity index (χ0n) is 12.0. The Hall–Kier alpha value is -1.40. The van der Waals surface area contributed by atoms with Gasteiger partial charge in [-0.1, -0.05) is 13.8 Å². The Morgan fingerprint density at radius 2 is 2.15 bits per heavy atom. The fourth-order valence-corrected chi connectivity index (χ4v) is 2.91. The molecule has 0 fully saturated rings. The number of pyridine rings is 1. The SMILES string of the molecule is CCNCc1cn(CCS(=O)(=O)CC)c2ncccc12. The predicted molar refractivity (Wildman–Crippen MR) is 81.4 cm³/mol. The average Bonchev–Trinajstić information content (AvgIpc) is 2.81. The third kappa shape index (κ3) is 3.37. The lowest BCUT2D eigenvalue weighted by atomic mass is 10.2. The van der Waals surface area contributed by atoms with Crippen molar-refractivity contribution in [3.63, 3.8) is 0 Å². The van der Waals surface area contributed by atoms with Crippen molar-refractivity contribution in [3.8, 4) is 0 Å². The van der Waals surface area contributed by atoms with Crippen molar-refractivity contribution in [1.82, 2.24) is 14.9 Å². The lowest BCUT2D eigenvalue weighted by Crippen LogP contribution is -2.14. The van der Waals surface area contributed by atoms with E-state index in [1.54, 1.807) is 13.1 Å². The number of aryl methyl sites for hydroxylation is 1. The van der Waals surface area contributed by atoms with Crippen molar-refractivity contribution in [2.45, 2.75) is 26.9 Å². The van der Waals surface area contributed by atoms with E-state index in [2.05, 4.69) is 17.2 Å². The third-order valence-electron chi connectivity index (χ3n) is 3.36.